The van der Waals surface area contributed by atoms with E-state index in [1.807, 2.05) is 6.92 Å². The Morgan fingerprint density at radius 1 is 1.30 bits per heavy atom. The molecule has 0 radical (unpaired) electrons. The van der Waals surface area contributed by atoms with Gasteiger partial charge in [-0.15, -0.1) is 0 Å². The lowest BCUT2D eigenvalue weighted by Crippen LogP contribution is -2.18. The number of hydrogen-bond donors (Lipinski definition) is 1. The summed E-state index contributed by atoms with van der Waals surface area (Å²) in [6, 6.07) is 0. The third-order valence-electron chi connectivity index (χ3n) is 1.11. The van der Waals surface area contributed by atoms with Crippen LogP contribution in [0.1, 0.15) is 13.8 Å². The van der Waals surface area contributed by atoms with Gasteiger partial charge < -0.3 is 14.6 Å². The molecule has 3 nitrogen and oxygen atoms in total. The van der Waals surface area contributed by atoms with E-state index in [2.05, 4.69) is 0 Å². The number of aliphatic hydroxyl groups is 1. The molecule has 62 valence electrons. The van der Waals surface area contributed by atoms with E-state index in [-0.39, 0.29) is 12.2 Å². The van der Waals surface area contributed by atoms with Gasteiger partial charge in [-0.3, -0.25) is 0 Å². The Hall–Kier alpha value is -0.120. The summed E-state index contributed by atoms with van der Waals surface area (Å²) in [7, 11) is 1.64. The minimum absolute atomic E-state index is 0.110. The van der Waals surface area contributed by atoms with Crippen molar-refractivity contribution in [2.75, 3.05) is 20.3 Å². The molecule has 0 unspecified atom stereocenters. The van der Waals surface area contributed by atoms with Crippen LogP contribution in [0.15, 0.2) is 0 Å². The van der Waals surface area contributed by atoms with E-state index in [4.69, 9.17) is 14.6 Å². The maximum absolute atomic E-state index is 8.77. The van der Waals surface area contributed by atoms with Gasteiger partial charge in [0.25, 0.3) is 0 Å². The highest BCUT2D eigenvalue weighted by Gasteiger charge is 2.00. The molecule has 0 fully saturated rings. The minimum atomic E-state index is -0.385. The Morgan fingerprint density at radius 3 is 2.30 bits per heavy atom. The van der Waals surface area contributed by atoms with Crippen molar-refractivity contribution in [3.05, 3.63) is 0 Å². The highest BCUT2D eigenvalue weighted by atomic mass is 16.5. The summed E-state index contributed by atoms with van der Waals surface area (Å²) in [6.45, 7) is 4.54. The topological polar surface area (TPSA) is 38.7 Å². The summed E-state index contributed by atoms with van der Waals surface area (Å²) in [5, 5.41) is 8.77. The number of ether oxygens (including phenoxy) is 2. The summed E-state index contributed by atoms with van der Waals surface area (Å²) in [6.07, 6.45) is -0.275. The van der Waals surface area contributed by atoms with Gasteiger partial charge in [-0.2, -0.15) is 0 Å². The molecule has 0 aromatic heterocycles. The molecule has 1 N–H and O–H groups in total. The highest BCUT2D eigenvalue weighted by Crippen LogP contribution is 1.90. The first-order valence-corrected chi connectivity index (χ1v) is 3.45. The minimum Gasteiger partial charge on any atom is -0.391 e. The van der Waals surface area contributed by atoms with Gasteiger partial charge in [0.2, 0.25) is 0 Å². The van der Waals surface area contributed by atoms with E-state index in [0.29, 0.717) is 13.2 Å². The van der Waals surface area contributed by atoms with Crippen LogP contribution in [-0.4, -0.2) is 37.6 Å². The molecule has 10 heavy (non-hydrogen) atoms. The van der Waals surface area contributed by atoms with E-state index in [1.54, 1.807) is 14.0 Å². The third-order valence-corrected chi connectivity index (χ3v) is 1.11. The van der Waals surface area contributed by atoms with Crippen LogP contribution in [0.3, 0.4) is 0 Å². The van der Waals surface area contributed by atoms with Crippen molar-refractivity contribution in [2.45, 2.75) is 26.1 Å². The van der Waals surface area contributed by atoms with Crippen molar-refractivity contribution in [2.24, 2.45) is 0 Å². The van der Waals surface area contributed by atoms with Crippen molar-refractivity contribution in [3.63, 3.8) is 0 Å². The molecule has 0 saturated carbocycles. The van der Waals surface area contributed by atoms with Crippen molar-refractivity contribution >= 4 is 0 Å². The molecule has 0 spiro atoms. The fourth-order valence-electron chi connectivity index (χ4n) is 0.473. The molecule has 3 heteroatoms. The highest BCUT2D eigenvalue weighted by molar-refractivity contribution is 4.47. The van der Waals surface area contributed by atoms with Crippen LogP contribution < -0.4 is 0 Å². The monoisotopic (exact) mass is 148 g/mol. The van der Waals surface area contributed by atoms with Crippen LogP contribution in [-0.2, 0) is 9.47 Å². The van der Waals surface area contributed by atoms with Crippen molar-refractivity contribution in [3.8, 4) is 0 Å². The molecule has 0 aromatic carbocycles. The van der Waals surface area contributed by atoms with Crippen molar-refractivity contribution in [1.82, 2.24) is 0 Å². The second-order valence-corrected chi connectivity index (χ2v) is 2.43. The van der Waals surface area contributed by atoms with Crippen LogP contribution in [0, 0.1) is 0 Å². The lowest BCUT2D eigenvalue weighted by molar-refractivity contribution is -0.0118. The standard InChI is InChI=1S/C7H16O3/c1-6(8)4-10-5-7(2)9-3/h6-8H,4-5H2,1-3H3/t6-,7+/m1/s1. The number of hydrogen-bond acceptors (Lipinski definition) is 3. The largest absolute Gasteiger partial charge is 0.391 e. The molecule has 0 rings (SSSR count). The van der Waals surface area contributed by atoms with Gasteiger partial charge in [-0.1, -0.05) is 0 Å². The first-order valence-electron chi connectivity index (χ1n) is 3.45. The van der Waals surface area contributed by atoms with Gasteiger partial charge >= 0.3 is 0 Å². The molecule has 0 aromatic rings. The van der Waals surface area contributed by atoms with Crippen LogP contribution >= 0.6 is 0 Å². The number of methoxy groups -OCH3 is 1. The Bertz CT molecular complexity index is 73.3. The van der Waals surface area contributed by atoms with Gasteiger partial charge in [-0.25, -0.2) is 0 Å². The fourth-order valence-corrected chi connectivity index (χ4v) is 0.473. The number of rotatable bonds is 5. The first kappa shape index (κ1) is 9.88. The zero-order valence-corrected chi connectivity index (χ0v) is 6.83. The second kappa shape index (κ2) is 5.65. The van der Waals surface area contributed by atoms with Crippen LogP contribution in [0.25, 0.3) is 0 Å². The quantitative estimate of drug-likeness (QED) is 0.614. The SMILES string of the molecule is CO[C@@H](C)COC[C@@H](C)O. The molecule has 0 amide bonds. The zero-order valence-electron chi connectivity index (χ0n) is 6.83. The smallest absolute Gasteiger partial charge is 0.0776 e. The summed E-state index contributed by atoms with van der Waals surface area (Å²) in [5.74, 6) is 0. The predicted octanol–water partition coefficient (Wildman–Crippen LogP) is 0.419. The fraction of sp³-hybridized carbons (Fsp3) is 1.00. The van der Waals surface area contributed by atoms with Gasteiger partial charge in [-0.05, 0) is 13.8 Å². The molecule has 0 aliphatic heterocycles. The Balaban J connectivity index is 3.03. The van der Waals surface area contributed by atoms with E-state index in [0.717, 1.165) is 0 Å². The van der Waals surface area contributed by atoms with Crippen LogP contribution in [0.4, 0.5) is 0 Å². The molecule has 0 saturated heterocycles. The average Bonchev–Trinajstić information content (AvgIpc) is 1.87. The summed E-state index contributed by atoms with van der Waals surface area (Å²) in [4.78, 5) is 0. The maximum Gasteiger partial charge on any atom is 0.0776 e. The van der Waals surface area contributed by atoms with Gasteiger partial charge in [0, 0.05) is 7.11 Å². The van der Waals surface area contributed by atoms with Crippen LogP contribution in [0.2, 0.25) is 0 Å². The molecular formula is C7H16O3. The lowest BCUT2D eigenvalue weighted by Gasteiger charge is -2.10. The van der Waals surface area contributed by atoms with Gasteiger partial charge in [0.05, 0.1) is 25.4 Å². The van der Waals surface area contributed by atoms with E-state index in [1.165, 1.54) is 0 Å². The van der Waals surface area contributed by atoms with E-state index in [9.17, 15) is 0 Å². The summed E-state index contributed by atoms with van der Waals surface area (Å²) in [5.41, 5.74) is 0. The van der Waals surface area contributed by atoms with E-state index < -0.39 is 0 Å². The first-order chi connectivity index (χ1) is 4.66. The number of aliphatic hydroxyl groups excluding tert-OH is 1. The van der Waals surface area contributed by atoms with Gasteiger partial charge in [0.1, 0.15) is 0 Å². The molecule has 0 aliphatic rings. The molecule has 0 aliphatic carbocycles. The second-order valence-electron chi connectivity index (χ2n) is 2.43. The summed E-state index contributed by atoms with van der Waals surface area (Å²) < 4.78 is 10.00. The normalized spacial score (nSPS) is 16.8. The van der Waals surface area contributed by atoms with Crippen molar-refractivity contribution in [1.29, 1.82) is 0 Å². The Labute approximate surface area is 62.0 Å². The van der Waals surface area contributed by atoms with E-state index >= 15 is 0 Å². The van der Waals surface area contributed by atoms with Gasteiger partial charge in [0.15, 0.2) is 0 Å². The molecule has 2 atom stereocenters. The Morgan fingerprint density at radius 2 is 1.90 bits per heavy atom. The average molecular weight is 148 g/mol. The molecule has 0 bridgehead atoms. The molecular weight excluding hydrogens is 132 g/mol. The third kappa shape index (κ3) is 6.01. The van der Waals surface area contributed by atoms with Crippen molar-refractivity contribution < 1.29 is 14.6 Å². The van der Waals surface area contributed by atoms with Crippen LogP contribution in [0.5, 0.6) is 0 Å². The predicted molar refractivity (Wildman–Crippen MR) is 39.0 cm³/mol. The zero-order chi connectivity index (χ0) is 7.98. The summed E-state index contributed by atoms with van der Waals surface area (Å²) >= 11 is 0. The lowest BCUT2D eigenvalue weighted by atomic mass is 10.4. The molecule has 0 heterocycles. The maximum atomic E-state index is 8.77. The Kier molecular flexibility index (Phi) is 5.58.